The third-order valence-electron chi connectivity index (χ3n) is 2.05. The average molecular weight is 266 g/mol. The lowest BCUT2D eigenvalue weighted by Crippen LogP contribution is -2.17. The topological polar surface area (TPSA) is 64.0 Å². The second-order valence-corrected chi connectivity index (χ2v) is 5.70. The lowest BCUT2D eigenvalue weighted by molar-refractivity contribution is 0.600. The van der Waals surface area contributed by atoms with Crippen molar-refractivity contribution in [3.63, 3.8) is 0 Å². The van der Waals surface area contributed by atoms with Crippen LogP contribution in [0.25, 0.3) is 0 Å². The second-order valence-electron chi connectivity index (χ2n) is 3.48. The first-order valence-corrected chi connectivity index (χ1v) is 7.26. The summed E-state index contributed by atoms with van der Waals surface area (Å²) in [6.45, 7) is 1.93. The molecule has 0 aliphatic heterocycles. The molecule has 7 heteroatoms. The molecule has 0 bridgehead atoms. The van der Waals surface area contributed by atoms with Crippen LogP contribution in [0.1, 0.15) is 19.0 Å². The van der Waals surface area contributed by atoms with Gasteiger partial charge in [-0.25, -0.2) is 8.42 Å². The Morgan fingerprint density at radius 3 is 2.81 bits per heavy atom. The highest BCUT2D eigenvalue weighted by atomic mass is 35.5. The van der Waals surface area contributed by atoms with Crippen LogP contribution in [-0.2, 0) is 23.5 Å². The van der Waals surface area contributed by atoms with E-state index in [2.05, 4.69) is 9.82 Å². The van der Waals surface area contributed by atoms with Crippen molar-refractivity contribution in [3.8, 4) is 0 Å². The monoisotopic (exact) mass is 265 g/mol. The SMILES string of the molecule is CCc1nn(C)cc1NS(=O)(=O)CCCCl. The summed E-state index contributed by atoms with van der Waals surface area (Å²) in [5.41, 5.74) is 1.30. The molecule has 1 aromatic rings. The van der Waals surface area contributed by atoms with Crippen molar-refractivity contribution in [1.82, 2.24) is 9.78 Å². The molecule has 0 radical (unpaired) electrons. The quantitative estimate of drug-likeness (QED) is 0.790. The number of nitrogens with zero attached hydrogens (tertiary/aromatic N) is 2. The molecule has 0 aliphatic carbocycles. The Morgan fingerprint density at radius 1 is 1.56 bits per heavy atom. The molecule has 0 fully saturated rings. The first kappa shape index (κ1) is 13.3. The summed E-state index contributed by atoms with van der Waals surface area (Å²) in [5, 5.41) is 4.16. The lowest BCUT2D eigenvalue weighted by Gasteiger charge is -2.05. The number of sulfonamides is 1. The Labute approximate surface area is 101 Å². The molecule has 0 saturated carbocycles. The molecule has 1 rings (SSSR count). The molecule has 5 nitrogen and oxygen atoms in total. The van der Waals surface area contributed by atoms with Gasteiger partial charge in [-0.2, -0.15) is 5.10 Å². The van der Waals surface area contributed by atoms with E-state index in [1.54, 1.807) is 17.9 Å². The van der Waals surface area contributed by atoms with Gasteiger partial charge in [0.2, 0.25) is 10.0 Å². The summed E-state index contributed by atoms with van der Waals surface area (Å²) in [6, 6.07) is 0. The van der Waals surface area contributed by atoms with Gasteiger partial charge in [-0.15, -0.1) is 11.6 Å². The molecular weight excluding hydrogens is 250 g/mol. The van der Waals surface area contributed by atoms with E-state index in [9.17, 15) is 8.42 Å². The Morgan fingerprint density at radius 2 is 2.25 bits per heavy atom. The van der Waals surface area contributed by atoms with Gasteiger partial charge in [0, 0.05) is 19.1 Å². The number of hydrogen-bond donors (Lipinski definition) is 1. The highest BCUT2D eigenvalue weighted by molar-refractivity contribution is 7.92. The number of nitrogens with one attached hydrogen (secondary N) is 1. The Balaban J connectivity index is 2.79. The Kier molecular flexibility index (Phi) is 4.61. The van der Waals surface area contributed by atoms with Gasteiger partial charge in [-0.1, -0.05) is 6.92 Å². The highest BCUT2D eigenvalue weighted by Crippen LogP contribution is 2.15. The summed E-state index contributed by atoms with van der Waals surface area (Å²) in [4.78, 5) is 0. The van der Waals surface area contributed by atoms with E-state index in [0.717, 1.165) is 5.69 Å². The van der Waals surface area contributed by atoms with Gasteiger partial charge in [-0.3, -0.25) is 9.40 Å². The third-order valence-corrected chi connectivity index (χ3v) is 3.68. The summed E-state index contributed by atoms with van der Waals surface area (Å²) in [7, 11) is -1.54. The number of anilines is 1. The Hall–Kier alpha value is -0.750. The van der Waals surface area contributed by atoms with E-state index in [1.165, 1.54) is 0 Å². The molecular formula is C9H16ClN3O2S. The maximum Gasteiger partial charge on any atom is 0.232 e. The molecule has 0 saturated heterocycles. The molecule has 0 unspecified atom stereocenters. The summed E-state index contributed by atoms with van der Waals surface area (Å²) in [5.74, 6) is 0.378. The van der Waals surface area contributed by atoms with Crippen LogP contribution in [0.5, 0.6) is 0 Å². The van der Waals surface area contributed by atoms with E-state index in [4.69, 9.17) is 11.6 Å². The minimum absolute atomic E-state index is 0.0363. The highest BCUT2D eigenvalue weighted by Gasteiger charge is 2.14. The molecule has 0 spiro atoms. The van der Waals surface area contributed by atoms with Crippen LogP contribution in [0.4, 0.5) is 5.69 Å². The van der Waals surface area contributed by atoms with Gasteiger partial charge in [0.15, 0.2) is 0 Å². The predicted octanol–water partition coefficient (Wildman–Crippen LogP) is 1.35. The van der Waals surface area contributed by atoms with Crippen molar-refractivity contribution in [2.75, 3.05) is 16.4 Å². The Bertz CT molecular complexity index is 442. The molecule has 0 amide bonds. The van der Waals surface area contributed by atoms with Gasteiger partial charge >= 0.3 is 0 Å². The number of aromatic nitrogens is 2. The molecule has 0 aliphatic rings. The van der Waals surface area contributed by atoms with Crippen molar-refractivity contribution < 1.29 is 8.42 Å². The number of halogens is 1. The van der Waals surface area contributed by atoms with E-state index >= 15 is 0 Å². The van der Waals surface area contributed by atoms with Crippen LogP contribution in [0.15, 0.2) is 6.20 Å². The standard InChI is InChI=1S/C9H16ClN3O2S/c1-3-8-9(7-13(2)11-8)12-16(14,15)6-4-5-10/h7,12H,3-6H2,1-2H3. The van der Waals surface area contributed by atoms with Crippen LogP contribution in [0.2, 0.25) is 0 Å². The van der Waals surface area contributed by atoms with Crippen molar-refractivity contribution in [1.29, 1.82) is 0 Å². The van der Waals surface area contributed by atoms with Crippen molar-refractivity contribution in [2.24, 2.45) is 7.05 Å². The van der Waals surface area contributed by atoms with Crippen LogP contribution in [0, 0.1) is 0 Å². The molecule has 1 heterocycles. The minimum atomic E-state index is -3.30. The normalized spacial score (nSPS) is 11.7. The fourth-order valence-corrected chi connectivity index (χ4v) is 2.77. The largest absolute Gasteiger partial charge is 0.280 e. The first-order chi connectivity index (χ1) is 7.48. The summed E-state index contributed by atoms with van der Waals surface area (Å²) < 4.78 is 27.4. The number of hydrogen-bond acceptors (Lipinski definition) is 3. The molecule has 1 N–H and O–H groups in total. The fraction of sp³-hybridized carbons (Fsp3) is 0.667. The first-order valence-electron chi connectivity index (χ1n) is 5.07. The van der Waals surface area contributed by atoms with Crippen molar-refractivity contribution in [2.45, 2.75) is 19.8 Å². The molecule has 1 aromatic heterocycles. The fourth-order valence-electron chi connectivity index (χ4n) is 1.34. The zero-order valence-electron chi connectivity index (χ0n) is 9.40. The van der Waals surface area contributed by atoms with Gasteiger partial charge in [-0.05, 0) is 12.8 Å². The van der Waals surface area contributed by atoms with E-state index in [1.807, 2.05) is 6.92 Å². The van der Waals surface area contributed by atoms with Gasteiger partial charge < -0.3 is 0 Å². The van der Waals surface area contributed by atoms with Crippen LogP contribution < -0.4 is 4.72 Å². The zero-order valence-corrected chi connectivity index (χ0v) is 11.0. The van der Waals surface area contributed by atoms with Crippen LogP contribution >= 0.6 is 11.6 Å². The second kappa shape index (κ2) is 5.54. The van der Waals surface area contributed by atoms with Gasteiger partial charge in [0.1, 0.15) is 0 Å². The molecule has 92 valence electrons. The lowest BCUT2D eigenvalue weighted by atomic mass is 10.3. The minimum Gasteiger partial charge on any atom is -0.280 e. The number of alkyl halides is 1. The predicted molar refractivity (Wildman–Crippen MR) is 65.3 cm³/mol. The average Bonchev–Trinajstić information content (AvgIpc) is 2.55. The van der Waals surface area contributed by atoms with E-state index in [-0.39, 0.29) is 5.75 Å². The van der Waals surface area contributed by atoms with Crippen molar-refractivity contribution >= 4 is 27.3 Å². The molecule has 0 atom stereocenters. The van der Waals surface area contributed by atoms with Crippen LogP contribution in [0.3, 0.4) is 0 Å². The maximum absolute atomic E-state index is 11.6. The summed E-state index contributed by atoms with van der Waals surface area (Å²) >= 11 is 5.46. The van der Waals surface area contributed by atoms with E-state index < -0.39 is 10.0 Å². The van der Waals surface area contributed by atoms with E-state index in [0.29, 0.717) is 24.4 Å². The maximum atomic E-state index is 11.6. The number of aryl methyl sites for hydroxylation is 2. The molecule has 0 aromatic carbocycles. The summed E-state index contributed by atoms with van der Waals surface area (Å²) in [6.07, 6.45) is 2.80. The smallest absolute Gasteiger partial charge is 0.232 e. The van der Waals surface area contributed by atoms with Gasteiger partial charge in [0.25, 0.3) is 0 Å². The van der Waals surface area contributed by atoms with Crippen LogP contribution in [-0.4, -0.2) is 29.8 Å². The van der Waals surface area contributed by atoms with Crippen molar-refractivity contribution in [3.05, 3.63) is 11.9 Å². The molecule has 16 heavy (non-hydrogen) atoms. The number of rotatable bonds is 6. The zero-order chi connectivity index (χ0) is 12.2. The third kappa shape index (κ3) is 3.68. The van der Waals surface area contributed by atoms with Gasteiger partial charge in [0.05, 0.1) is 17.1 Å².